The van der Waals surface area contributed by atoms with Crippen LogP contribution in [0.3, 0.4) is 0 Å². The minimum Gasteiger partial charge on any atom is -0.326 e. The lowest BCUT2D eigenvalue weighted by molar-refractivity contribution is -0.126. The van der Waals surface area contributed by atoms with Crippen LogP contribution in [0.4, 0.5) is 22.7 Å². The Morgan fingerprint density at radius 3 is 1.33 bits per heavy atom. The monoisotopic (exact) mass is 682 g/mol. The highest BCUT2D eigenvalue weighted by Gasteiger charge is 2.31. The largest absolute Gasteiger partial charge is 0.326 e. The second-order valence-corrected chi connectivity index (χ2v) is 14.1. The summed E-state index contributed by atoms with van der Waals surface area (Å²) in [6, 6.07) is 35.2. The molecule has 4 rings (SSSR count). The quantitative estimate of drug-likeness (QED) is 0.0858. The number of rotatable bonds is 17. The third-order valence-electron chi connectivity index (χ3n) is 9.76. The minimum atomic E-state index is -0.423. The van der Waals surface area contributed by atoms with Gasteiger partial charge < -0.3 is 10.6 Å². The highest BCUT2D eigenvalue weighted by Crippen LogP contribution is 2.31. The number of amides is 2. The summed E-state index contributed by atoms with van der Waals surface area (Å²) in [5, 5.41) is 6.22. The normalized spacial score (nSPS) is 12.5. The van der Waals surface area contributed by atoms with Gasteiger partial charge >= 0.3 is 0 Å². The van der Waals surface area contributed by atoms with Crippen LogP contribution in [0.2, 0.25) is 0 Å². The Kier molecular flexibility index (Phi) is 14.3. The lowest BCUT2D eigenvalue weighted by Gasteiger charge is -2.27. The number of hydrogen-bond acceptors (Lipinski definition) is 4. The Bertz CT molecular complexity index is 1790. The summed E-state index contributed by atoms with van der Waals surface area (Å²) in [7, 11) is 0. The molecule has 2 N–H and O–H groups in total. The molecule has 0 bridgehead atoms. The van der Waals surface area contributed by atoms with Gasteiger partial charge in [0.2, 0.25) is 11.8 Å². The third-order valence-corrected chi connectivity index (χ3v) is 9.76. The van der Waals surface area contributed by atoms with E-state index in [1.807, 2.05) is 68.5 Å². The molecule has 4 aromatic rings. The van der Waals surface area contributed by atoms with Crippen molar-refractivity contribution in [1.82, 2.24) is 0 Å². The zero-order valence-corrected chi connectivity index (χ0v) is 31.3. The lowest BCUT2D eigenvalue weighted by atomic mass is 9.80. The van der Waals surface area contributed by atoms with Crippen molar-refractivity contribution in [2.24, 2.45) is 20.8 Å². The van der Waals surface area contributed by atoms with E-state index in [1.54, 1.807) is 0 Å². The fourth-order valence-corrected chi connectivity index (χ4v) is 6.20. The van der Waals surface area contributed by atoms with Crippen molar-refractivity contribution in [2.45, 2.75) is 92.9 Å². The molecule has 0 spiro atoms. The van der Waals surface area contributed by atoms with Gasteiger partial charge in [0, 0.05) is 22.2 Å². The molecule has 6 heteroatoms. The van der Waals surface area contributed by atoms with Gasteiger partial charge in [-0.1, -0.05) is 108 Å². The molecule has 0 saturated carbocycles. The SMILES string of the molecule is C/C=C\CC(C)(CC)C(=O)Nc1ccc(Cc2ccc(N=C=Nc3ccc(Cc4ccc(NC(=O)C(C)(CCC)CCC)cc4)cc3)cc2)cc1. The van der Waals surface area contributed by atoms with Gasteiger partial charge in [-0.05, 0) is 116 Å². The summed E-state index contributed by atoms with van der Waals surface area (Å²) in [6.45, 7) is 12.4. The van der Waals surface area contributed by atoms with Crippen molar-refractivity contribution in [3.05, 3.63) is 131 Å². The number of carbonyl (C=O) groups excluding carboxylic acids is 2. The number of anilines is 2. The van der Waals surface area contributed by atoms with Gasteiger partial charge in [-0.15, -0.1) is 0 Å². The predicted octanol–water partition coefficient (Wildman–Crippen LogP) is 11.9. The van der Waals surface area contributed by atoms with Gasteiger partial charge in [-0.3, -0.25) is 9.59 Å². The number of nitrogens with zero attached hydrogens (tertiary/aromatic N) is 2. The zero-order chi connectivity index (χ0) is 36.7. The molecule has 0 aliphatic rings. The Hall–Kier alpha value is -5.06. The second kappa shape index (κ2) is 18.8. The molecule has 0 fully saturated rings. The summed E-state index contributed by atoms with van der Waals surface area (Å²) in [5.41, 5.74) is 7.16. The van der Waals surface area contributed by atoms with E-state index >= 15 is 0 Å². The van der Waals surface area contributed by atoms with Crippen LogP contribution in [0.25, 0.3) is 0 Å². The average Bonchev–Trinajstić information content (AvgIpc) is 3.14. The molecule has 0 saturated heterocycles. The van der Waals surface area contributed by atoms with E-state index in [1.165, 1.54) is 22.3 Å². The molecule has 0 aromatic heterocycles. The number of benzene rings is 4. The molecule has 1 atom stereocenters. The van der Waals surface area contributed by atoms with Crippen molar-refractivity contribution < 1.29 is 9.59 Å². The smallest absolute Gasteiger partial charge is 0.230 e. The standard InChI is InChI=1S/C45H54N4O2/c1-7-11-30-44(5,10-4)42(50)48-40-24-16-36(17-25-40)31-34-12-20-38(21-13-34)46-33-47-39-22-14-35(15-23-39)32-37-18-26-41(27-19-37)49-43(51)45(6,28-8-2)29-9-3/h7,11-27H,8-10,28-32H2,1-6H3,(H,48,50)(H,49,51)/b11-7-. The van der Waals surface area contributed by atoms with Gasteiger partial charge in [-0.25, -0.2) is 0 Å². The molecule has 0 radical (unpaired) electrons. The minimum absolute atomic E-state index is 0.0477. The van der Waals surface area contributed by atoms with Gasteiger partial charge in [0.05, 0.1) is 11.4 Å². The average molecular weight is 683 g/mol. The number of hydrogen-bond donors (Lipinski definition) is 2. The van der Waals surface area contributed by atoms with Crippen LogP contribution in [-0.4, -0.2) is 17.8 Å². The molecule has 266 valence electrons. The number of aliphatic imine (C=N–C) groups is 2. The van der Waals surface area contributed by atoms with Crippen molar-refractivity contribution in [2.75, 3.05) is 10.6 Å². The Balaban J connectivity index is 1.27. The van der Waals surface area contributed by atoms with E-state index in [2.05, 4.69) is 109 Å². The Labute approximate surface area is 305 Å². The van der Waals surface area contributed by atoms with E-state index in [4.69, 9.17) is 0 Å². The molecule has 0 heterocycles. The van der Waals surface area contributed by atoms with E-state index in [0.717, 1.165) is 74.1 Å². The van der Waals surface area contributed by atoms with Crippen LogP contribution >= 0.6 is 0 Å². The first-order valence-corrected chi connectivity index (χ1v) is 18.4. The highest BCUT2D eigenvalue weighted by atomic mass is 16.2. The topological polar surface area (TPSA) is 82.9 Å². The van der Waals surface area contributed by atoms with Crippen molar-refractivity contribution in [1.29, 1.82) is 0 Å². The molecule has 0 aliphatic heterocycles. The maximum absolute atomic E-state index is 13.0. The van der Waals surface area contributed by atoms with Crippen LogP contribution in [0, 0.1) is 10.8 Å². The number of allylic oxidation sites excluding steroid dienone is 2. The summed E-state index contributed by atoms with van der Waals surface area (Å²) >= 11 is 0. The number of nitrogens with one attached hydrogen (secondary N) is 2. The van der Waals surface area contributed by atoms with Gasteiger partial charge in [-0.2, -0.15) is 9.98 Å². The summed E-state index contributed by atoms with van der Waals surface area (Å²) < 4.78 is 0. The Morgan fingerprint density at radius 1 is 0.608 bits per heavy atom. The van der Waals surface area contributed by atoms with Crippen molar-refractivity contribution in [3.63, 3.8) is 0 Å². The molecule has 51 heavy (non-hydrogen) atoms. The fraction of sp³-hybridized carbons (Fsp3) is 0.356. The summed E-state index contributed by atoms with van der Waals surface area (Å²) in [6.07, 6.45) is 10.9. The van der Waals surface area contributed by atoms with Gasteiger partial charge in [0.15, 0.2) is 0 Å². The van der Waals surface area contributed by atoms with Crippen LogP contribution in [0.5, 0.6) is 0 Å². The Morgan fingerprint density at radius 2 is 0.980 bits per heavy atom. The first-order chi connectivity index (χ1) is 24.6. The molecule has 4 aromatic carbocycles. The third kappa shape index (κ3) is 11.5. The van der Waals surface area contributed by atoms with Crippen LogP contribution in [0.15, 0.2) is 119 Å². The lowest BCUT2D eigenvalue weighted by Crippen LogP contribution is -2.33. The molecule has 2 amide bonds. The maximum atomic E-state index is 13.0. The molecular weight excluding hydrogens is 629 g/mol. The van der Waals surface area contributed by atoms with Gasteiger partial charge in [0.1, 0.15) is 6.01 Å². The van der Waals surface area contributed by atoms with E-state index in [-0.39, 0.29) is 17.2 Å². The highest BCUT2D eigenvalue weighted by molar-refractivity contribution is 5.95. The van der Waals surface area contributed by atoms with Crippen LogP contribution < -0.4 is 10.6 Å². The van der Waals surface area contributed by atoms with E-state index < -0.39 is 5.41 Å². The van der Waals surface area contributed by atoms with Crippen LogP contribution in [0.1, 0.15) is 102 Å². The summed E-state index contributed by atoms with van der Waals surface area (Å²) in [5.74, 6) is 0.152. The first kappa shape index (κ1) is 38.7. The van der Waals surface area contributed by atoms with Crippen molar-refractivity contribution in [3.8, 4) is 0 Å². The predicted molar refractivity (Wildman–Crippen MR) is 214 cm³/mol. The molecular formula is C45H54N4O2. The molecule has 6 nitrogen and oxygen atoms in total. The maximum Gasteiger partial charge on any atom is 0.230 e. The van der Waals surface area contributed by atoms with Crippen molar-refractivity contribution >= 4 is 40.6 Å². The second-order valence-electron chi connectivity index (χ2n) is 14.1. The molecule has 1 unspecified atom stereocenters. The summed E-state index contributed by atoms with van der Waals surface area (Å²) in [4.78, 5) is 34.7. The first-order valence-electron chi connectivity index (χ1n) is 18.4. The van der Waals surface area contributed by atoms with E-state index in [9.17, 15) is 9.59 Å². The van der Waals surface area contributed by atoms with E-state index in [0.29, 0.717) is 0 Å². The fourth-order valence-electron chi connectivity index (χ4n) is 6.20. The van der Waals surface area contributed by atoms with Gasteiger partial charge in [0.25, 0.3) is 0 Å². The number of carbonyl (C=O) groups is 2. The van der Waals surface area contributed by atoms with Crippen LogP contribution in [-0.2, 0) is 22.4 Å². The zero-order valence-electron chi connectivity index (χ0n) is 31.3. The molecule has 0 aliphatic carbocycles.